The molecule has 114 valence electrons. The van der Waals surface area contributed by atoms with Gasteiger partial charge in [-0.2, -0.15) is 8.42 Å². The maximum atomic E-state index is 11.7. The molecule has 0 bridgehead atoms. The van der Waals surface area contributed by atoms with Gasteiger partial charge in [0.05, 0.1) is 5.56 Å². The molecule has 0 spiro atoms. The zero-order chi connectivity index (χ0) is 16.2. The molecule has 0 aliphatic heterocycles. The summed E-state index contributed by atoms with van der Waals surface area (Å²) >= 11 is 0. The highest BCUT2D eigenvalue weighted by molar-refractivity contribution is 7.91. The Hall–Kier alpha value is -3.01. The average Bonchev–Trinajstić information content (AvgIpc) is 2.46. The summed E-state index contributed by atoms with van der Waals surface area (Å²) in [5.41, 5.74) is -0.589. The Morgan fingerprint density at radius 1 is 1.23 bits per heavy atom. The molecule has 0 saturated heterocycles. The van der Waals surface area contributed by atoms with Crippen LogP contribution in [0.2, 0.25) is 0 Å². The number of aromatic carboxylic acids is 1. The van der Waals surface area contributed by atoms with Crippen LogP contribution in [-0.4, -0.2) is 29.6 Å². The van der Waals surface area contributed by atoms with Crippen LogP contribution in [0.1, 0.15) is 10.4 Å². The molecule has 0 saturated carbocycles. The van der Waals surface area contributed by atoms with Crippen molar-refractivity contribution in [1.82, 2.24) is 4.98 Å². The van der Waals surface area contributed by atoms with Gasteiger partial charge >= 0.3 is 16.2 Å². The molecule has 2 rings (SSSR count). The van der Waals surface area contributed by atoms with Crippen LogP contribution in [0.25, 0.3) is 0 Å². The van der Waals surface area contributed by atoms with Crippen LogP contribution in [0.4, 0.5) is 11.5 Å². The molecule has 1 aromatic carbocycles. The number of carbonyl (C=O) groups is 1. The van der Waals surface area contributed by atoms with Gasteiger partial charge in [0.2, 0.25) is 0 Å². The molecule has 0 aliphatic rings. The first kappa shape index (κ1) is 15.4. The van der Waals surface area contributed by atoms with E-state index in [1.54, 1.807) is 12.1 Å². The monoisotopic (exact) mass is 322 g/mol. The predicted molar refractivity (Wildman–Crippen MR) is 76.4 cm³/mol. The van der Waals surface area contributed by atoms with Crippen molar-refractivity contribution in [3.63, 3.8) is 0 Å². The lowest BCUT2D eigenvalue weighted by Crippen LogP contribution is -2.09. The van der Waals surface area contributed by atoms with Gasteiger partial charge in [-0.15, -0.1) is 5.11 Å². The molecule has 1 aromatic heterocycles. The van der Waals surface area contributed by atoms with E-state index in [1.807, 2.05) is 0 Å². The minimum Gasteiger partial charge on any atom is -0.508 e. The Morgan fingerprint density at radius 3 is 2.64 bits per heavy atom. The number of anilines is 1. The Labute approximate surface area is 125 Å². The molecule has 9 nitrogen and oxygen atoms in total. The Balaban J connectivity index is 2.26. The normalized spacial score (nSPS) is 11.5. The molecule has 0 fully saturated rings. The molecular weight excluding hydrogens is 312 g/mol. The number of phenols is 1. The number of aromatic nitrogens is 1. The van der Waals surface area contributed by atoms with E-state index < -0.39 is 16.2 Å². The summed E-state index contributed by atoms with van der Waals surface area (Å²) in [7, 11) is -4.20. The Bertz CT molecular complexity index is 821. The summed E-state index contributed by atoms with van der Waals surface area (Å²) in [6.07, 6.45) is 1.39. The molecular formula is C12H10N4O5S. The lowest BCUT2D eigenvalue weighted by molar-refractivity contribution is 0.0697. The van der Waals surface area contributed by atoms with E-state index >= 15 is 0 Å². The van der Waals surface area contributed by atoms with Gasteiger partial charge in [-0.25, -0.2) is 14.5 Å². The van der Waals surface area contributed by atoms with Crippen molar-refractivity contribution in [2.24, 2.45) is 9.63 Å². The maximum Gasteiger partial charge on any atom is 0.361 e. The minimum atomic E-state index is -4.20. The van der Waals surface area contributed by atoms with Gasteiger partial charge in [-0.3, -0.25) is 0 Å². The second kappa shape index (κ2) is 6.18. The van der Waals surface area contributed by atoms with Crippen molar-refractivity contribution in [3.05, 3.63) is 48.2 Å². The third-order valence-electron chi connectivity index (χ3n) is 2.37. The van der Waals surface area contributed by atoms with Gasteiger partial charge in [0, 0.05) is 6.20 Å². The summed E-state index contributed by atoms with van der Waals surface area (Å²) < 4.78 is 28.6. The molecule has 0 atom stereocenters. The van der Waals surface area contributed by atoms with E-state index in [1.165, 1.54) is 18.3 Å². The predicted octanol–water partition coefficient (Wildman–Crippen LogP) is 1.93. The highest BCUT2D eigenvalue weighted by Gasteiger charge is 2.13. The molecule has 0 radical (unpaired) electrons. The zero-order valence-corrected chi connectivity index (χ0v) is 11.7. The van der Waals surface area contributed by atoms with Crippen molar-refractivity contribution in [2.75, 3.05) is 4.72 Å². The van der Waals surface area contributed by atoms with E-state index in [-0.39, 0.29) is 22.8 Å². The molecule has 10 heteroatoms. The summed E-state index contributed by atoms with van der Waals surface area (Å²) in [5.74, 6) is -1.61. The van der Waals surface area contributed by atoms with E-state index in [0.29, 0.717) is 0 Å². The SMILES string of the molecule is O=C(O)c1cc(O)ccc1N=NS(=O)(=O)Nc1ccccn1. The van der Waals surface area contributed by atoms with E-state index in [9.17, 15) is 18.3 Å². The standard InChI is InChI=1S/C12H10N4O5S/c17-8-4-5-10(9(7-8)12(18)19)14-16-22(20,21)15-11-3-1-2-6-13-11/h1-7,17H,(H,13,15)(H,18,19). The van der Waals surface area contributed by atoms with Crippen LogP contribution in [0, 0.1) is 0 Å². The minimum absolute atomic E-state index is 0.0469. The first-order valence-electron chi connectivity index (χ1n) is 5.80. The number of carboxylic acids is 1. The van der Waals surface area contributed by atoms with Gasteiger partial charge in [-0.05, 0) is 34.9 Å². The molecule has 1 heterocycles. The summed E-state index contributed by atoms with van der Waals surface area (Å²) in [5, 5.41) is 21.6. The van der Waals surface area contributed by atoms with Gasteiger partial charge in [0.15, 0.2) is 0 Å². The topological polar surface area (TPSA) is 141 Å². The van der Waals surface area contributed by atoms with Gasteiger partial charge in [0.25, 0.3) is 0 Å². The van der Waals surface area contributed by atoms with Crippen molar-refractivity contribution in [2.45, 2.75) is 0 Å². The molecule has 0 amide bonds. The van der Waals surface area contributed by atoms with Crippen molar-refractivity contribution >= 4 is 27.7 Å². The van der Waals surface area contributed by atoms with E-state index in [0.717, 1.165) is 12.1 Å². The van der Waals surface area contributed by atoms with E-state index in [4.69, 9.17) is 5.11 Å². The number of rotatable bonds is 5. The first-order chi connectivity index (χ1) is 10.4. The number of carboxylic acid groups (broad SMARTS) is 1. The van der Waals surface area contributed by atoms with Crippen LogP contribution in [0.5, 0.6) is 5.75 Å². The highest BCUT2D eigenvalue weighted by atomic mass is 32.2. The largest absolute Gasteiger partial charge is 0.508 e. The Morgan fingerprint density at radius 2 is 2.00 bits per heavy atom. The quantitative estimate of drug-likeness (QED) is 0.718. The molecule has 2 aromatic rings. The van der Waals surface area contributed by atoms with Crippen LogP contribution in [0.3, 0.4) is 0 Å². The number of hydrogen-bond acceptors (Lipinski definition) is 6. The van der Waals surface area contributed by atoms with Crippen LogP contribution >= 0.6 is 0 Å². The second-order valence-electron chi connectivity index (χ2n) is 3.98. The number of hydrogen-bond donors (Lipinski definition) is 3. The molecule has 0 unspecified atom stereocenters. The smallest absolute Gasteiger partial charge is 0.361 e. The number of nitrogens with one attached hydrogen (secondary N) is 1. The molecule has 3 N–H and O–H groups in total. The number of pyridine rings is 1. The fraction of sp³-hybridized carbons (Fsp3) is 0. The number of benzene rings is 1. The number of aromatic hydroxyl groups is 1. The second-order valence-corrected chi connectivity index (χ2v) is 5.30. The molecule has 0 aliphatic carbocycles. The van der Waals surface area contributed by atoms with Crippen LogP contribution in [-0.2, 0) is 10.2 Å². The van der Waals surface area contributed by atoms with Crippen LogP contribution < -0.4 is 4.72 Å². The Kier molecular flexibility index (Phi) is 4.32. The maximum absolute atomic E-state index is 11.7. The highest BCUT2D eigenvalue weighted by Crippen LogP contribution is 2.24. The summed E-state index contributed by atoms with van der Waals surface area (Å²) in [4.78, 5) is 14.8. The van der Waals surface area contributed by atoms with Gasteiger partial charge in [0.1, 0.15) is 17.3 Å². The lowest BCUT2D eigenvalue weighted by Gasteiger charge is -2.02. The zero-order valence-electron chi connectivity index (χ0n) is 10.9. The lowest BCUT2D eigenvalue weighted by atomic mass is 10.2. The van der Waals surface area contributed by atoms with Crippen molar-refractivity contribution in [1.29, 1.82) is 0 Å². The van der Waals surface area contributed by atoms with Crippen LogP contribution in [0.15, 0.2) is 52.2 Å². The third kappa shape index (κ3) is 3.99. The third-order valence-corrected chi connectivity index (χ3v) is 3.13. The summed E-state index contributed by atoms with van der Waals surface area (Å²) in [6, 6.07) is 7.84. The first-order valence-corrected chi connectivity index (χ1v) is 7.24. The van der Waals surface area contributed by atoms with E-state index in [2.05, 4.69) is 19.3 Å². The van der Waals surface area contributed by atoms with Gasteiger partial charge < -0.3 is 10.2 Å². The number of phenolic OH excluding ortho intramolecular Hbond substituents is 1. The fourth-order valence-corrected chi connectivity index (χ4v) is 2.08. The summed E-state index contributed by atoms with van der Waals surface area (Å²) in [6.45, 7) is 0. The average molecular weight is 322 g/mol. The van der Waals surface area contributed by atoms with Crippen molar-refractivity contribution < 1.29 is 23.4 Å². The fourth-order valence-electron chi connectivity index (χ4n) is 1.46. The molecule has 22 heavy (non-hydrogen) atoms. The number of nitrogens with zero attached hydrogens (tertiary/aromatic N) is 3. The van der Waals surface area contributed by atoms with Crippen molar-refractivity contribution in [3.8, 4) is 5.75 Å². The van der Waals surface area contributed by atoms with Gasteiger partial charge in [-0.1, -0.05) is 6.07 Å².